The standard InChI is InChI=1S/C11H13BCl3NO2/c1-10(2)11(3,4)18-12(17-10)6-5-7(13)16-9(15)8(6)14/h5H,1-4H3. The Hall–Kier alpha value is 0.00494. The third-order valence-electron chi connectivity index (χ3n) is 3.42. The highest BCUT2D eigenvalue weighted by Gasteiger charge is 2.52. The van der Waals surface area contributed by atoms with Gasteiger partial charge >= 0.3 is 7.12 Å². The Balaban J connectivity index is 2.41. The molecule has 0 aliphatic carbocycles. The molecule has 1 aromatic heterocycles. The molecule has 18 heavy (non-hydrogen) atoms. The largest absolute Gasteiger partial charge is 0.496 e. The van der Waals surface area contributed by atoms with Crippen molar-refractivity contribution in [3.05, 3.63) is 21.4 Å². The first-order valence-corrected chi connectivity index (χ1v) is 6.64. The van der Waals surface area contributed by atoms with Gasteiger partial charge in [-0.05, 0) is 33.8 Å². The molecule has 0 unspecified atom stereocenters. The second-order valence-corrected chi connectivity index (χ2v) is 6.35. The van der Waals surface area contributed by atoms with Gasteiger partial charge in [-0.2, -0.15) is 0 Å². The predicted molar refractivity (Wildman–Crippen MR) is 75.0 cm³/mol. The van der Waals surface area contributed by atoms with E-state index in [0.717, 1.165) is 0 Å². The maximum atomic E-state index is 6.12. The second-order valence-electron chi connectivity index (χ2n) is 5.23. The lowest BCUT2D eigenvalue weighted by molar-refractivity contribution is 0.00578. The van der Waals surface area contributed by atoms with Crippen LogP contribution in [0.2, 0.25) is 15.3 Å². The van der Waals surface area contributed by atoms with Crippen molar-refractivity contribution in [2.75, 3.05) is 0 Å². The number of hydrogen-bond donors (Lipinski definition) is 0. The van der Waals surface area contributed by atoms with E-state index in [4.69, 9.17) is 44.1 Å². The Morgan fingerprint density at radius 3 is 2.06 bits per heavy atom. The summed E-state index contributed by atoms with van der Waals surface area (Å²) in [6.45, 7) is 7.85. The molecule has 0 saturated carbocycles. The third kappa shape index (κ3) is 2.37. The lowest BCUT2D eigenvalue weighted by Crippen LogP contribution is -2.41. The quantitative estimate of drug-likeness (QED) is 0.589. The molecule has 1 saturated heterocycles. The van der Waals surface area contributed by atoms with Crippen LogP contribution in [-0.2, 0) is 9.31 Å². The van der Waals surface area contributed by atoms with E-state index < -0.39 is 18.3 Å². The molecule has 2 rings (SSSR count). The van der Waals surface area contributed by atoms with E-state index in [-0.39, 0.29) is 10.3 Å². The average Bonchev–Trinajstić information content (AvgIpc) is 2.42. The molecule has 2 heterocycles. The van der Waals surface area contributed by atoms with Gasteiger partial charge in [-0.3, -0.25) is 0 Å². The van der Waals surface area contributed by atoms with Crippen LogP contribution < -0.4 is 5.46 Å². The molecule has 1 aliphatic heterocycles. The van der Waals surface area contributed by atoms with Crippen LogP contribution in [0.1, 0.15) is 27.7 Å². The van der Waals surface area contributed by atoms with Crippen molar-refractivity contribution in [2.45, 2.75) is 38.9 Å². The summed E-state index contributed by atoms with van der Waals surface area (Å²) < 4.78 is 11.8. The first kappa shape index (κ1) is 14.4. The van der Waals surface area contributed by atoms with Crippen LogP contribution in [0.25, 0.3) is 0 Å². The fraction of sp³-hybridized carbons (Fsp3) is 0.545. The molecule has 0 radical (unpaired) electrons. The van der Waals surface area contributed by atoms with Crippen LogP contribution in [0.5, 0.6) is 0 Å². The summed E-state index contributed by atoms with van der Waals surface area (Å²) in [4.78, 5) is 3.87. The zero-order valence-electron chi connectivity index (χ0n) is 10.6. The summed E-state index contributed by atoms with van der Waals surface area (Å²) in [5, 5.41) is 0.711. The average molecular weight is 308 g/mol. The van der Waals surface area contributed by atoms with Crippen molar-refractivity contribution in [1.29, 1.82) is 0 Å². The van der Waals surface area contributed by atoms with E-state index in [2.05, 4.69) is 4.98 Å². The molecule has 1 fully saturated rings. The first-order chi connectivity index (χ1) is 8.14. The number of rotatable bonds is 1. The molecule has 1 aliphatic rings. The number of nitrogens with zero attached hydrogens (tertiary/aromatic N) is 1. The van der Waals surface area contributed by atoms with Crippen molar-refractivity contribution in [3.63, 3.8) is 0 Å². The summed E-state index contributed by atoms with van der Waals surface area (Å²) in [5.74, 6) is 0. The molecule has 3 nitrogen and oxygen atoms in total. The molecule has 0 bridgehead atoms. The van der Waals surface area contributed by atoms with Crippen LogP contribution in [0.4, 0.5) is 0 Å². The van der Waals surface area contributed by atoms with E-state index >= 15 is 0 Å². The molecule has 0 amide bonds. The minimum atomic E-state index is -0.597. The summed E-state index contributed by atoms with van der Waals surface area (Å²) in [6.07, 6.45) is 0. The first-order valence-electron chi connectivity index (χ1n) is 5.51. The van der Waals surface area contributed by atoms with Gasteiger partial charge in [0.25, 0.3) is 0 Å². The molecule has 0 N–H and O–H groups in total. The molecule has 0 spiro atoms. The lowest BCUT2D eigenvalue weighted by atomic mass is 9.80. The number of hydrogen-bond acceptors (Lipinski definition) is 3. The summed E-state index contributed by atoms with van der Waals surface area (Å²) in [5.41, 5.74) is -0.285. The van der Waals surface area contributed by atoms with Crippen molar-refractivity contribution < 1.29 is 9.31 Å². The van der Waals surface area contributed by atoms with Crippen molar-refractivity contribution in [1.82, 2.24) is 4.98 Å². The van der Waals surface area contributed by atoms with Crippen LogP contribution in [0.3, 0.4) is 0 Å². The maximum Gasteiger partial charge on any atom is 0.496 e. The van der Waals surface area contributed by atoms with E-state index in [1.54, 1.807) is 6.07 Å². The fourth-order valence-electron chi connectivity index (χ4n) is 1.63. The Bertz CT molecular complexity index is 477. The Labute approximate surface area is 122 Å². The summed E-state index contributed by atoms with van der Waals surface area (Å²) in [6, 6.07) is 1.61. The Morgan fingerprint density at radius 2 is 1.56 bits per heavy atom. The molecule has 0 aromatic carbocycles. The zero-order chi connectivity index (χ0) is 13.7. The van der Waals surface area contributed by atoms with Gasteiger partial charge in [0.2, 0.25) is 0 Å². The second kappa shape index (κ2) is 4.53. The van der Waals surface area contributed by atoms with Gasteiger partial charge < -0.3 is 9.31 Å². The van der Waals surface area contributed by atoms with E-state index in [1.807, 2.05) is 27.7 Å². The van der Waals surface area contributed by atoms with Crippen LogP contribution in [0, 0.1) is 0 Å². The number of halogens is 3. The summed E-state index contributed by atoms with van der Waals surface area (Å²) in [7, 11) is -0.597. The van der Waals surface area contributed by atoms with Gasteiger partial charge in [0.1, 0.15) is 10.3 Å². The van der Waals surface area contributed by atoms with E-state index in [9.17, 15) is 0 Å². The van der Waals surface area contributed by atoms with Crippen LogP contribution in [0.15, 0.2) is 6.07 Å². The normalized spacial score (nSPS) is 21.4. The molecule has 0 atom stereocenters. The fourth-order valence-corrected chi connectivity index (χ4v) is 2.26. The molecule has 98 valence electrons. The molecular weight excluding hydrogens is 295 g/mol. The minimum absolute atomic E-state index is 0.147. The highest BCUT2D eigenvalue weighted by molar-refractivity contribution is 6.67. The number of pyridine rings is 1. The van der Waals surface area contributed by atoms with Crippen molar-refractivity contribution >= 4 is 47.4 Å². The van der Waals surface area contributed by atoms with Gasteiger partial charge in [0, 0.05) is 5.46 Å². The third-order valence-corrected chi connectivity index (χ3v) is 4.38. The van der Waals surface area contributed by atoms with Crippen molar-refractivity contribution in [2.24, 2.45) is 0 Å². The van der Waals surface area contributed by atoms with E-state index in [1.165, 1.54) is 0 Å². The summed E-state index contributed by atoms with van der Waals surface area (Å²) >= 11 is 17.9. The lowest BCUT2D eigenvalue weighted by Gasteiger charge is -2.32. The molecular formula is C11H13BCl3NO2. The smallest absolute Gasteiger partial charge is 0.399 e. The Morgan fingerprint density at radius 1 is 1.06 bits per heavy atom. The topological polar surface area (TPSA) is 31.4 Å². The Kier molecular flexibility index (Phi) is 3.63. The van der Waals surface area contributed by atoms with E-state index in [0.29, 0.717) is 10.5 Å². The highest BCUT2D eigenvalue weighted by atomic mass is 35.5. The van der Waals surface area contributed by atoms with Crippen LogP contribution in [-0.4, -0.2) is 23.3 Å². The van der Waals surface area contributed by atoms with Gasteiger partial charge in [-0.15, -0.1) is 0 Å². The van der Waals surface area contributed by atoms with Gasteiger partial charge in [-0.1, -0.05) is 34.8 Å². The minimum Gasteiger partial charge on any atom is -0.399 e. The van der Waals surface area contributed by atoms with Gasteiger partial charge in [0.15, 0.2) is 0 Å². The SMILES string of the molecule is CC1(C)OB(c2cc(Cl)nc(Cl)c2Cl)OC1(C)C. The van der Waals surface area contributed by atoms with Gasteiger partial charge in [0.05, 0.1) is 16.2 Å². The zero-order valence-corrected chi connectivity index (χ0v) is 12.8. The highest BCUT2D eigenvalue weighted by Crippen LogP contribution is 2.37. The number of aromatic nitrogens is 1. The monoisotopic (exact) mass is 307 g/mol. The van der Waals surface area contributed by atoms with Crippen LogP contribution >= 0.6 is 34.8 Å². The molecule has 7 heteroatoms. The molecule has 1 aromatic rings. The maximum absolute atomic E-state index is 6.12. The van der Waals surface area contributed by atoms with Crippen molar-refractivity contribution in [3.8, 4) is 0 Å². The predicted octanol–water partition coefficient (Wildman–Crippen LogP) is 3.34. The van der Waals surface area contributed by atoms with Gasteiger partial charge in [-0.25, -0.2) is 4.98 Å².